The number of benzene rings is 3. The number of nitrogen functional groups attached to an aromatic ring is 2. The molecule has 0 radical (unpaired) electrons. The fourth-order valence-corrected chi connectivity index (χ4v) is 4.43. The highest BCUT2D eigenvalue weighted by Gasteiger charge is 2.32. The lowest BCUT2D eigenvalue weighted by molar-refractivity contribution is -0.121. The molecule has 0 atom stereocenters. The number of nitrogens with zero attached hydrogens (tertiary/aromatic N) is 2. The Labute approximate surface area is 198 Å². The molecule has 1 heterocycles. The summed E-state index contributed by atoms with van der Waals surface area (Å²) in [6.45, 7) is 1.08. The van der Waals surface area contributed by atoms with Crippen LogP contribution < -0.4 is 22.1 Å². The first-order valence-electron chi connectivity index (χ1n) is 11.3. The smallest absolute Gasteiger partial charge is 0.232 e. The lowest BCUT2D eigenvalue weighted by Crippen LogP contribution is -2.30. The second-order valence-corrected chi connectivity index (χ2v) is 8.34. The van der Waals surface area contributed by atoms with E-state index in [-0.39, 0.29) is 17.8 Å². The van der Waals surface area contributed by atoms with Gasteiger partial charge in [0.25, 0.3) is 0 Å². The molecule has 0 saturated carbocycles. The number of nitrogens with two attached hydrogens (primary N) is 2. The monoisotopic (exact) mass is 450 g/mol. The Hall–Kier alpha value is -4.39. The molecule has 6 N–H and O–H groups in total. The highest BCUT2D eigenvalue weighted by molar-refractivity contribution is 5.96. The summed E-state index contributed by atoms with van der Waals surface area (Å²) in [5, 5.41) is 6.44. The predicted molar refractivity (Wildman–Crippen MR) is 135 cm³/mol. The van der Waals surface area contributed by atoms with E-state index in [0.717, 1.165) is 45.5 Å². The van der Waals surface area contributed by atoms with Crippen molar-refractivity contribution in [2.75, 3.05) is 23.3 Å². The van der Waals surface area contributed by atoms with Crippen LogP contribution in [0, 0.1) is 0 Å². The van der Waals surface area contributed by atoms with E-state index in [4.69, 9.17) is 11.5 Å². The van der Waals surface area contributed by atoms with Gasteiger partial charge in [-0.05, 0) is 46.4 Å². The number of amides is 1. The molecule has 1 aromatic heterocycles. The molecule has 7 heteroatoms. The molecule has 0 saturated heterocycles. The molecular formula is C27H26N6O. The largest absolute Gasteiger partial charge is 0.383 e. The lowest BCUT2D eigenvalue weighted by atomic mass is 9.96. The van der Waals surface area contributed by atoms with Crippen molar-refractivity contribution in [2.45, 2.75) is 18.9 Å². The van der Waals surface area contributed by atoms with E-state index in [1.54, 1.807) is 6.20 Å². The summed E-state index contributed by atoms with van der Waals surface area (Å²) in [6, 6.07) is 24.4. The molecule has 3 aromatic carbocycles. The maximum atomic E-state index is 13.1. The number of hydrogen-bond acceptors (Lipinski definition) is 6. The normalized spacial score (nSPS) is 12.1. The minimum atomic E-state index is -0.260. The van der Waals surface area contributed by atoms with Crippen molar-refractivity contribution >= 4 is 23.4 Å². The van der Waals surface area contributed by atoms with Crippen LogP contribution in [0.2, 0.25) is 0 Å². The molecule has 0 bridgehead atoms. The quantitative estimate of drug-likeness (QED) is 0.341. The van der Waals surface area contributed by atoms with Gasteiger partial charge in [0.2, 0.25) is 11.9 Å². The molecule has 0 aliphatic heterocycles. The van der Waals surface area contributed by atoms with Gasteiger partial charge in [-0.3, -0.25) is 4.79 Å². The van der Waals surface area contributed by atoms with Gasteiger partial charge in [0, 0.05) is 30.5 Å². The standard InChI is InChI=1S/C27H26N6O/c28-25-18(16-32-27(29)33-25)15-31-19-11-9-17(10-12-19)13-14-30-26(34)24-22-7-3-1-5-20(22)21-6-2-4-8-23(21)24/h1-12,16,24,31H,13-15H2,(H,30,34)(H4,28,29,32,33). The van der Waals surface area contributed by atoms with E-state index in [1.807, 2.05) is 36.4 Å². The average molecular weight is 451 g/mol. The van der Waals surface area contributed by atoms with E-state index in [9.17, 15) is 4.79 Å². The molecule has 5 rings (SSSR count). The molecule has 0 spiro atoms. The number of carbonyl (C=O) groups is 1. The van der Waals surface area contributed by atoms with Crippen molar-refractivity contribution in [1.82, 2.24) is 15.3 Å². The number of hydrogen-bond donors (Lipinski definition) is 4. The molecule has 4 aromatic rings. The first-order chi connectivity index (χ1) is 16.6. The third kappa shape index (κ3) is 4.28. The van der Waals surface area contributed by atoms with Crippen LogP contribution in [-0.2, 0) is 17.8 Å². The fourth-order valence-electron chi connectivity index (χ4n) is 4.43. The molecule has 0 unspecified atom stereocenters. The summed E-state index contributed by atoms with van der Waals surface area (Å²) in [5.41, 5.74) is 18.8. The number of anilines is 3. The van der Waals surface area contributed by atoms with Crippen molar-refractivity contribution < 1.29 is 4.79 Å². The van der Waals surface area contributed by atoms with E-state index < -0.39 is 0 Å². The molecule has 170 valence electrons. The average Bonchev–Trinajstić information content (AvgIpc) is 3.19. The number of aromatic nitrogens is 2. The van der Waals surface area contributed by atoms with E-state index in [2.05, 4.69) is 57.0 Å². The van der Waals surface area contributed by atoms with Crippen LogP contribution in [0.15, 0.2) is 79.0 Å². The Morgan fingerprint density at radius 3 is 2.18 bits per heavy atom. The van der Waals surface area contributed by atoms with Gasteiger partial charge in [-0.2, -0.15) is 4.98 Å². The van der Waals surface area contributed by atoms with Crippen LogP contribution in [0.25, 0.3) is 11.1 Å². The number of nitrogens with one attached hydrogen (secondary N) is 2. The zero-order valence-corrected chi connectivity index (χ0v) is 18.7. The summed E-state index contributed by atoms with van der Waals surface area (Å²) in [4.78, 5) is 21.1. The van der Waals surface area contributed by atoms with E-state index in [1.165, 1.54) is 0 Å². The van der Waals surface area contributed by atoms with Crippen molar-refractivity contribution in [3.05, 3.63) is 101 Å². The van der Waals surface area contributed by atoms with Gasteiger partial charge in [0.1, 0.15) is 5.82 Å². The van der Waals surface area contributed by atoms with Gasteiger partial charge in [0.05, 0.1) is 5.92 Å². The van der Waals surface area contributed by atoms with Crippen LogP contribution in [0.3, 0.4) is 0 Å². The summed E-state index contributed by atoms with van der Waals surface area (Å²) in [5.74, 6) is 0.321. The highest BCUT2D eigenvalue weighted by Crippen LogP contribution is 2.44. The summed E-state index contributed by atoms with van der Waals surface area (Å²) >= 11 is 0. The van der Waals surface area contributed by atoms with Gasteiger partial charge in [-0.1, -0.05) is 60.7 Å². The van der Waals surface area contributed by atoms with Gasteiger partial charge in [-0.25, -0.2) is 4.98 Å². The van der Waals surface area contributed by atoms with Gasteiger partial charge >= 0.3 is 0 Å². The zero-order chi connectivity index (χ0) is 23.5. The topological polar surface area (TPSA) is 119 Å². The Kier molecular flexibility index (Phi) is 5.82. The lowest BCUT2D eigenvalue weighted by Gasteiger charge is -2.14. The van der Waals surface area contributed by atoms with Gasteiger partial charge < -0.3 is 22.1 Å². The Balaban J connectivity index is 1.17. The molecule has 1 aliphatic carbocycles. The maximum Gasteiger partial charge on any atom is 0.232 e. The van der Waals surface area contributed by atoms with E-state index in [0.29, 0.717) is 18.9 Å². The molecule has 1 aliphatic rings. The summed E-state index contributed by atoms with van der Waals surface area (Å²) in [7, 11) is 0. The second kappa shape index (κ2) is 9.23. The second-order valence-electron chi connectivity index (χ2n) is 8.34. The van der Waals surface area contributed by atoms with Gasteiger partial charge in [-0.15, -0.1) is 0 Å². The van der Waals surface area contributed by atoms with Crippen LogP contribution in [0.1, 0.15) is 28.2 Å². The fraction of sp³-hybridized carbons (Fsp3) is 0.148. The van der Waals surface area contributed by atoms with Crippen molar-refractivity contribution in [1.29, 1.82) is 0 Å². The summed E-state index contributed by atoms with van der Waals surface area (Å²) in [6.07, 6.45) is 2.38. The number of carbonyl (C=O) groups excluding carboxylic acids is 1. The first kappa shape index (κ1) is 21.5. The van der Waals surface area contributed by atoms with Crippen LogP contribution in [0.5, 0.6) is 0 Å². The molecule has 1 amide bonds. The third-order valence-corrected chi connectivity index (χ3v) is 6.16. The summed E-state index contributed by atoms with van der Waals surface area (Å²) < 4.78 is 0. The van der Waals surface area contributed by atoms with Crippen molar-refractivity contribution in [3.8, 4) is 11.1 Å². The Morgan fingerprint density at radius 2 is 1.53 bits per heavy atom. The van der Waals surface area contributed by atoms with Crippen molar-refractivity contribution in [2.24, 2.45) is 0 Å². The maximum absolute atomic E-state index is 13.1. The van der Waals surface area contributed by atoms with Gasteiger partial charge in [0.15, 0.2) is 0 Å². The predicted octanol–water partition coefficient (Wildman–Crippen LogP) is 3.72. The minimum absolute atomic E-state index is 0.0407. The molecule has 34 heavy (non-hydrogen) atoms. The van der Waals surface area contributed by atoms with Crippen LogP contribution >= 0.6 is 0 Å². The Morgan fingerprint density at radius 1 is 0.882 bits per heavy atom. The number of rotatable bonds is 7. The Bertz CT molecular complexity index is 1290. The molecule has 7 nitrogen and oxygen atoms in total. The van der Waals surface area contributed by atoms with E-state index >= 15 is 0 Å². The zero-order valence-electron chi connectivity index (χ0n) is 18.7. The first-order valence-corrected chi connectivity index (χ1v) is 11.3. The molecule has 0 fully saturated rings. The minimum Gasteiger partial charge on any atom is -0.383 e. The van der Waals surface area contributed by atoms with Crippen molar-refractivity contribution in [3.63, 3.8) is 0 Å². The van der Waals surface area contributed by atoms with Crippen LogP contribution in [-0.4, -0.2) is 22.4 Å². The third-order valence-electron chi connectivity index (χ3n) is 6.16. The SMILES string of the molecule is Nc1ncc(CNc2ccc(CCNC(=O)C3c4ccccc4-c4ccccc43)cc2)c(N)n1. The van der Waals surface area contributed by atoms with Crippen LogP contribution in [0.4, 0.5) is 17.5 Å². The molecular weight excluding hydrogens is 424 g/mol. The number of fused-ring (bicyclic) bond motifs is 3. The highest BCUT2D eigenvalue weighted by atomic mass is 16.1.